The second-order valence-corrected chi connectivity index (χ2v) is 6.63. The summed E-state index contributed by atoms with van der Waals surface area (Å²) in [6.07, 6.45) is 2.73. The molecule has 1 aromatic rings. The Morgan fingerprint density at radius 3 is 2.62 bits per heavy atom. The Morgan fingerprint density at radius 1 is 1.35 bits per heavy atom. The third-order valence-corrected chi connectivity index (χ3v) is 4.59. The van der Waals surface area contributed by atoms with Crippen molar-refractivity contribution in [3.63, 3.8) is 0 Å². The molecule has 144 valence electrons. The van der Waals surface area contributed by atoms with E-state index in [4.69, 9.17) is 26.8 Å². The van der Waals surface area contributed by atoms with Crippen LogP contribution in [0.5, 0.6) is 11.5 Å². The summed E-state index contributed by atoms with van der Waals surface area (Å²) in [5.41, 5.74) is 5.54. The van der Waals surface area contributed by atoms with Crippen molar-refractivity contribution < 1.29 is 19.1 Å². The SMILES string of the molecule is CCCN(C(=O)c1cc(Cl)c(OCC(N)=O)c(OC)c1)C1CCNCC1. The van der Waals surface area contributed by atoms with E-state index < -0.39 is 5.91 Å². The summed E-state index contributed by atoms with van der Waals surface area (Å²) in [4.78, 5) is 26.0. The summed E-state index contributed by atoms with van der Waals surface area (Å²) >= 11 is 6.27. The van der Waals surface area contributed by atoms with E-state index in [0.29, 0.717) is 17.9 Å². The topological polar surface area (TPSA) is 93.9 Å². The highest BCUT2D eigenvalue weighted by molar-refractivity contribution is 6.32. The van der Waals surface area contributed by atoms with Crippen molar-refractivity contribution in [3.05, 3.63) is 22.7 Å². The number of hydrogen-bond donors (Lipinski definition) is 2. The Balaban J connectivity index is 2.28. The average molecular weight is 384 g/mol. The lowest BCUT2D eigenvalue weighted by Crippen LogP contribution is -2.46. The molecule has 0 aromatic heterocycles. The van der Waals surface area contributed by atoms with Gasteiger partial charge in [-0.2, -0.15) is 0 Å². The fourth-order valence-corrected chi connectivity index (χ4v) is 3.37. The molecule has 26 heavy (non-hydrogen) atoms. The van der Waals surface area contributed by atoms with Gasteiger partial charge in [-0.05, 0) is 44.5 Å². The van der Waals surface area contributed by atoms with Gasteiger partial charge in [0.2, 0.25) is 0 Å². The minimum Gasteiger partial charge on any atom is -0.493 e. The summed E-state index contributed by atoms with van der Waals surface area (Å²) in [7, 11) is 1.45. The Hall–Kier alpha value is -1.99. The standard InChI is InChI=1S/C18H26ClN3O4/c1-3-8-22(13-4-6-21-7-5-13)18(24)12-9-14(19)17(15(10-12)25-2)26-11-16(20)23/h9-10,13,21H,3-8,11H2,1-2H3,(H2,20,23). The normalized spacial score (nSPS) is 14.7. The van der Waals surface area contributed by atoms with Crippen LogP contribution in [0.1, 0.15) is 36.5 Å². The number of carbonyl (C=O) groups excluding carboxylic acids is 2. The first kappa shape index (κ1) is 20.3. The van der Waals surface area contributed by atoms with Crippen molar-refractivity contribution in [1.82, 2.24) is 10.2 Å². The highest BCUT2D eigenvalue weighted by atomic mass is 35.5. The number of ether oxygens (including phenoxy) is 2. The van der Waals surface area contributed by atoms with Gasteiger partial charge in [0, 0.05) is 18.2 Å². The molecule has 3 N–H and O–H groups in total. The molecular weight excluding hydrogens is 358 g/mol. The molecule has 0 bridgehead atoms. The van der Waals surface area contributed by atoms with Crippen molar-refractivity contribution in [2.75, 3.05) is 33.4 Å². The first-order chi connectivity index (χ1) is 12.5. The van der Waals surface area contributed by atoms with Crippen LogP contribution in [0, 0.1) is 0 Å². The number of hydrogen-bond acceptors (Lipinski definition) is 5. The molecule has 8 heteroatoms. The quantitative estimate of drug-likeness (QED) is 0.714. The van der Waals surface area contributed by atoms with Crippen LogP contribution < -0.4 is 20.5 Å². The highest BCUT2D eigenvalue weighted by Crippen LogP contribution is 2.37. The van der Waals surface area contributed by atoms with E-state index in [-0.39, 0.29) is 29.3 Å². The van der Waals surface area contributed by atoms with Crippen LogP contribution in [0.2, 0.25) is 5.02 Å². The fraction of sp³-hybridized carbons (Fsp3) is 0.556. The lowest BCUT2D eigenvalue weighted by Gasteiger charge is -2.34. The number of benzene rings is 1. The number of amides is 2. The van der Waals surface area contributed by atoms with Crippen molar-refractivity contribution in [3.8, 4) is 11.5 Å². The molecule has 0 unspecified atom stereocenters. The third kappa shape index (κ3) is 5.02. The van der Waals surface area contributed by atoms with Crippen molar-refractivity contribution in [2.24, 2.45) is 5.73 Å². The number of carbonyl (C=O) groups is 2. The molecule has 0 spiro atoms. The molecule has 1 heterocycles. The zero-order valence-corrected chi connectivity index (χ0v) is 16.0. The van der Waals surface area contributed by atoms with Gasteiger partial charge in [-0.3, -0.25) is 9.59 Å². The molecule has 0 saturated carbocycles. The lowest BCUT2D eigenvalue weighted by atomic mass is 10.0. The number of halogens is 1. The number of nitrogens with zero attached hydrogens (tertiary/aromatic N) is 1. The summed E-state index contributed by atoms with van der Waals surface area (Å²) in [5.74, 6) is -0.207. The van der Waals surface area contributed by atoms with Crippen LogP contribution in [0.15, 0.2) is 12.1 Å². The highest BCUT2D eigenvalue weighted by Gasteiger charge is 2.27. The first-order valence-electron chi connectivity index (χ1n) is 8.78. The van der Waals surface area contributed by atoms with Crippen LogP contribution in [0.3, 0.4) is 0 Å². The summed E-state index contributed by atoms with van der Waals surface area (Å²) < 4.78 is 10.6. The molecule has 1 fully saturated rings. The van der Waals surface area contributed by atoms with Crippen LogP contribution in [-0.4, -0.2) is 56.1 Å². The molecule has 7 nitrogen and oxygen atoms in total. The molecule has 1 aliphatic rings. The second-order valence-electron chi connectivity index (χ2n) is 6.22. The fourth-order valence-electron chi connectivity index (χ4n) is 3.10. The minimum absolute atomic E-state index is 0.0830. The Morgan fingerprint density at radius 2 is 2.04 bits per heavy atom. The van der Waals surface area contributed by atoms with Crippen molar-refractivity contribution in [2.45, 2.75) is 32.2 Å². The summed E-state index contributed by atoms with van der Waals surface area (Å²) in [6, 6.07) is 3.35. The molecule has 0 aliphatic carbocycles. The van der Waals surface area contributed by atoms with E-state index in [0.717, 1.165) is 32.4 Å². The zero-order chi connectivity index (χ0) is 19.1. The Labute approximate surface area is 158 Å². The zero-order valence-electron chi connectivity index (χ0n) is 15.2. The molecule has 1 aliphatic heterocycles. The van der Waals surface area contributed by atoms with Gasteiger partial charge in [0.1, 0.15) is 0 Å². The van der Waals surface area contributed by atoms with E-state index in [1.54, 1.807) is 12.1 Å². The van der Waals surface area contributed by atoms with Gasteiger partial charge in [-0.25, -0.2) is 0 Å². The molecule has 2 rings (SSSR count). The van der Waals surface area contributed by atoms with Crippen molar-refractivity contribution >= 4 is 23.4 Å². The number of primary amides is 1. The number of nitrogens with two attached hydrogens (primary N) is 1. The first-order valence-corrected chi connectivity index (χ1v) is 9.16. The summed E-state index contributed by atoms with van der Waals surface area (Å²) in [6.45, 7) is 4.23. The molecule has 2 amide bonds. The van der Waals surface area contributed by atoms with Gasteiger partial charge in [0.25, 0.3) is 11.8 Å². The lowest BCUT2D eigenvalue weighted by molar-refractivity contribution is -0.119. The van der Waals surface area contributed by atoms with Crippen LogP contribution in [0.4, 0.5) is 0 Å². The maximum Gasteiger partial charge on any atom is 0.255 e. The third-order valence-electron chi connectivity index (χ3n) is 4.31. The molecular formula is C18H26ClN3O4. The van der Waals surface area contributed by atoms with E-state index in [2.05, 4.69) is 12.2 Å². The van der Waals surface area contributed by atoms with Gasteiger partial charge in [-0.1, -0.05) is 18.5 Å². The monoisotopic (exact) mass is 383 g/mol. The molecule has 0 atom stereocenters. The minimum atomic E-state index is -0.622. The van der Waals surface area contributed by atoms with Gasteiger partial charge >= 0.3 is 0 Å². The largest absolute Gasteiger partial charge is 0.493 e. The predicted molar refractivity (Wildman–Crippen MR) is 99.9 cm³/mol. The number of rotatable bonds is 8. The van der Waals surface area contributed by atoms with E-state index in [1.165, 1.54) is 7.11 Å². The van der Waals surface area contributed by atoms with Gasteiger partial charge in [-0.15, -0.1) is 0 Å². The maximum atomic E-state index is 13.1. The van der Waals surface area contributed by atoms with E-state index >= 15 is 0 Å². The Kier molecular flexibility index (Phi) is 7.53. The predicted octanol–water partition coefficient (Wildman–Crippen LogP) is 1.82. The number of piperidine rings is 1. The summed E-state index contributed by atoms with van der Waals surface area (Å²) in [5, 5.41) is 3.52. The number of nitrogens with one attached hydrogen (secondary N) is 1. The van der Waals surface area contributed by atoms with Crippen LogP contribution >= 0.6 is 11.6 Å². The van der Waals surface area contributed by atoms with Crippen LogP contribution in [-0.2, 0) is 4.79 Å². The smallest absolute Gasteiger partial charge is 0.255 e. The molecule has 0 radical (unpaired) electrons. The molecule has 1 aromatic carbocycles. The maximum absolute atomic E-state index is 13.1. The van der Waals surface area contributed by atoms with Gasteiger partial charge in [0.05, 0.1) is 12.1 Å². The Bertz CT molecular complexity index is 648. The van der Waals surface area contributed by atoms with Crippen molar-refractivity contribution in [1.29, 1.82) is 0 Å². The number of methoxy groups -OCH3 is 1. The van der Waals surface area contributed by atoms with Crippen LogP contribution in [0.25, 0.3) is 0 Å². The average Bonchev–Trinajstić information content (AvgIpc) is 2.64. The van der Waals surface area contributed by atoms with Gasteiger partial charge in [0.15, 0.2) is 18.1 Å². The van der Waals surface area contributed by atoms with E-state index in [1.807, 2.05) is 4.90 Å². The van der Waals surface area contributed by atoms with E-state index in [9.17, 15) is 9.59 Å². The second kappa shape index (κ2) is 9.64. The molecule has 1 saturated heterocycles. The van der Waals surface area contributed by atoms with Gasteiger partial charge < -0.3 is 25.4 Å².